The summed E-state index contributed by atoms with van der Waals surface area (Å²) < 4.78 is 14.7. The summed E-state index contributed by atoms with van der Waals surface area (Å²) in [6.45, 7) is 23.0. The van der Waals surface area contributed by atoms with Crippen molar-refractivity contribution in [3.8, 4) is 0 Å². The van der Waals surface area contributed by atoms with Gasteiger partial charge in [0.15, 0.2) is 0 Å². The van der Waals surface area contributed by atoms with Crippen LogP contribution in [-0.2, 0) is 23.8 Å². The van der Waals surface area contributed by atoms with E-state index < -0.39 is 0 Å². The van der Waals surface area contributed by atoms with Gasteiger partial charge in [-0.05, 0) is 40.2 Å². The summed E-state index contributed by atoms with van der Waals surface area (Å²) in [7, 11) is 0. The van der Waals surface area contributed by atoms with Gasteiger partial charge in [0, 0.05) is 32.9 Å². The van der Waals surface area contributed by atoms with Gasteiger partial charge in [0.05, 0.1) is 13.2 Å². The topological polar surface area (TPSA) is 103 Å². The molecule has 37 heavy (non-hydrogen) atoms. The van der Waals surface area contributed by atoms with E-state index in [2.05, 4.69) is 43.1 Å². The summed E-state index contributed by atoms with van der Waals surface area (Å²) in [5.74, 6) is 0. The SMILES string of the molecule is C.C.C.C.C.C.CCCCC.CCCOC(=O)NCC.CCCOCC.CCNCCOCC.O=C=O. The molecule has 0 saturated heterocycles. The Morgan fingerprint density at radius 2 is 1.03 bits per heavy atom. The molecule has 0 aliphatic rings. The molecule has 0 aliphatic carbocycles. The Morgan fingerprint density at radius 3 is 1.27 bits per heavy atom. The van der Waals surface area contributed by atoms with Crippen molar-refractivity contribution in [1.29, 1.82) is 0 Å². The molecule has 0 radical (unpaired) electrons. The average Bonchev–Trinajstić information content (AvgIpc) is 2.76. The van der Waals surface area contributed by atoms with Crippen molar-refractivity contribution in [3.05, 3.63) is 0 Å². The summed E-state index contributed by atoms with van der Waals surface area (Å²) in [5, 5.41) is 5.68. The first-order valence-corrected chi connectivity index (χ1v) is 11.7. The number of ether oxygens (including phenoxy) is 3. The van der Waals surface area contributed by atoms with Gasteiger partial charge in [-0.15, -0.1) is 0 Å². The number of alkyl carbamates (subject to hydrolysis) is 1. The minimum Gasteiger partial charge on any atom is -0.450 e. The number of carbonyl (C=O) groups excluding carboxylic acids is 3. The molecule has 0 spiro atoms. The minimum atomic E-state index is -0.320. The van der Waals surface area contributed by atoms with Crippen molar-refractivity contribution >= 4 is 12.2 Å². The van der Waals surface area contributed by atoms with E-state index in [9.17, 15) is 4.79 Å². The molecule has 0 aromatic rings. The fourth-order valence-corrected chi connectivity index (χ4v) is 1.50. The van der Waals surface area contributed by atoms with Crippen LogP contribution in [0.25, 0.3) is 0 Å². The minimum absolute atomic E-state index is 0. The van der Waals surface area contributed by atoms with Crippen LogP contribution in [0.2, 0.25) is 0 Å². The first-order chi connectivity index (χ1) is 15.0. The van der Waals surface area contributed by atoms with Crippen LogP contribution in [-0.4, -0.2) is 64.9 Å². The number of likely N-dealkylation sites (N-methyl/N-ethyl adjacent to an activating group) is 1. The van der Waals surface area contributed by atoms with Crippen LogP contribution in [0.5, 0.6) is 0 Å². The number of hydrogen-bond acceptors (Lipinski definition) is 7. The molecule has 1 amide bonds. The lowest BCUT2D eigenvalue weighted by Crippen LogP contribution is -2.23. The van der Waals surface area contributed by atoms with Gasteiger partial charge in [-0.2, -0.15) is 9.59 Å². The highest BCUT2D eigenvalue weighted by Crippen LogP contribution is 1.88. The van der Waals surface area contributed by atoms with E-state index in [-0.39, 0.29) is 56.8 Å². The molecule has 2 N–H and O–H groups in total. The lowest BCUT2D eigenvalue weighted by Gasteiger charge is -2.01. The van der Waals surface area contributed by atoms with Crippen molar-refractivity contribution in [2.24, 2.45) is 0 Å². The maximum Gasteiger partial charge on any atom is 0.407 e. The van der Waals surface area contributed by atoms with Crippen molar-refractivity contribution < 1.29 is 28.6 Å². The smallest absolute Gasteiger partial charge is 0.407 e. The third kappa shape index (κ3) is 152. The third-order valence-electron chi connectivity index (χ3n) is 2.90. The zero-order valence-electron chi connectivity index (χ0n) is 21.6. The Hall–Kier alpha value is -1.47. The summed E-state index contributed by atoms with van der Waals surface area (Å²) in [6.07, 6.45) is 6.01. The standard InChI is InChI=1S/C6H13NO2.C6H15NO.C5H12O.C5H12.CO2.6CH4/c1-3-5-9-6(8)7-4-2;1-3-7-5-6-8-4-2;1-3-5-6-4-2;1-3-5-4-2;2-1-3;;;;;;/h3-5H2,1-2H3,(H,7,8);7H,3-6H2,1-2H3;3-5H2,1-2H3;3-5H2,1-2H3;;6*1H4. The second kappa shape index (κ2) is 92.1. The zero-order valence-corrected chi connectivity index (χ0v) is 21.6. The number of hydrogen-bond donors (Lipinski definition) is 2. The molecule has 8 heteroatoms. The lowest BCUT2D eigenvalue weighted by molar-refractivity contribution is -0.191. The second-order valence-electron chi connectivity index (χ2n) is 5.85. The van der Waals surface area contributed by atoms with Gasteiger partial charge in [0.2, 0.25) is 0 Å². The van der Waals surface area contributed by atoms with Crippen LogP contribution in [0.4, 0.5) is 4.79 Å². The normalized spacial score (nSPS) is 7.03. The number of nitrogens with one attached hydrogen (secondary N) is 2. The fraction of sp³-hybridized carbons (Fsp3) is 0.931. The zero-order chi connectivity index (χ0) is 25.0. The Kier molecular flexibility index (Phi) is 175. The molecule has 8 nitrogen and oxygen atoms in total. The van der Waals surface area contributed by atoms with Gasteiger partial charge in [-0.25, -0.2) is 4.79 Å². The Balaban J connectivity index is -0.0000000252. The predicted molar refractivity (Wildman–Crippen MR) is 168 cm³/mol. The van der Waals surface area contributed by atoms with E-state index in [1.807, 2.05) is 27.7 Å². The molecular weight excluding hydrogens is 472 g/mol. The molecule has 0 aromatic carbocycles. The predicted octanol–water partition coefficient (Wildman–Crippen LogP) is 8.64. The van der Waals surface area contributed by atoms with E-state index >= 15 is 0 Å². The van der Waals surface area contributed by atoms with Crippen molar-refractivity contribution in [2.45, 2.75) is 132 Å². The molecule has 0 atom stereocenters. The molecule has 0 heterocycles. The van der Waals surface area contributed by atoms with Gasteiger partial charge >= 0.3 is 12.2 Å². The maximum absolute atomic E-state index is 10.5. The highest BCUT2D eigenvalue weighted by atomic mass is 16.5. The fourth-order valence-electron chi connectivity index (χ4n) is 1.50. The van der Waals surface area contributed by atoms with Crippen molar-refractivity contribution in [1.82, 2.24) is 10.6 Å². The van der Waals surface area contributed by atoms with Crippen molar-refractivity contribution in [2.75, 3.05) is 52.7 Å². The second-order valence-corrected chi connectivity index (χ2v) is 5.85. The Morgan fingerprint density at radius 1 is 0.622 bits per heavy atom. The molecule has 0 unspecified atom stereocenters. The van der Waals surface area contributed by atoms with E-state index in [0.29, 0.717) is 13.2 Å². The molecule has 0 aromatic heterocycles. The molecule has 0 fully saturated rings. The Labute approximate surface area is 236 Å². The highest BCUT2D eigenvalue weighted by Gasteiger charge is 1.94. The van der Waals surface area contributed by atoms with Crippen LogP contribution in [0.1, 0.15) is 132 Å². The number of rotatable bonds is 13. The van der Waals surface area contributed by atoms with Crippen LogP contribution in [0.15, 0.2) is 0 Å². The van der Waals surface area contributed by atoms with E-state index in [4.69, 9.17) is 19.1 Å². The number of carbonyl (C=O) groups is 1. The molecule has 0 aliphatic heterocycles. The monoisotopic (exact) mass is 549 g/mol. The molecule has 238 valence electrons. The van der Waals surface area contributed by atoms with E-state index in [0.717, 1.165) is 52.4 Å². The van der Waals surface area contributed by atoms with Gasteiger partial charge in [0.1, 0.15) is 0 Å². The molecule has 0 rings (SSSR count). The average molecular weight is 549 g/mol. The van der Waals surface area contributed by atoms with Gasteiger partial charge < -0.3 is 24.8 Å². The Bertz CT molecular complexity index is 303. The summed E-state index contributed by atoms with van der Waals surface area (Å²) in [5.41, 5.74) is 0. The van der Waals surface area contributed by atoms with Gasteiger partial charge in [0.25, 0.3) is 0 Å². The maximum atomic E-state index is 10.5. The first-order valence-electron chi connectivity index (χ1n) is 11.7. The first kappa shape index (κ1) is 70.4. The summed E-state index contributed by atoms with van der Waals surface area (Å²) in [4.78, 5) is 26.7. The van der Waals surface area contributed by atoms with E-state index in [1.54, 1.807) is 0 Å². The van der Waals surface area contributed by atoms with Gasteiger partial charge in [-0.1, -0.05) is 98.4 Å². The van der Waals surface area contributed by atoms with Gasteiger partial charge in [-0.3, -0.25) is 0 Å². The molecule has 0 bridgehead atoms. The van der Waals surface area contributed by atoms with Crippen molar-refractivity contribution in [3.63, 3.8) is 0 Å². The lowest BCUT2D eigenvalue weighted by atomic mass is 10.3. The van der Waals surface area contributed by atoms with Crippen LogP contribution < -0.4 is 10.6 Å². The highest BCUT2D eigenvalue weighted by molar-refractivity contribution is 5.66. The quantitative estimate of drug-likeness (QED) is 0.222. The number of amides is 1. The molecule has 0 saturated carbocycles. The van der Waals surface area contributed by atoms with Crippen LogP contribution in [0.3, 0.4) is 0 Å². The third-order valence-corrected chi connectivity index (χ3v) is 2.90. The summed E-state index contributed by atoms with van der Waals surface area (Å²) >= 11 is 0. The van der Waals surface area contributed by atoms with E-state index in [1.165, 1.54) is 19.3 Å². The number of unbranched alkanes of at least 4 members (excludes halogenated alkanes) is 2. The van der Waals surface area contributed by atoms with Crippen LogP contribution >= 0.6 is 0 Å². The summed E-state index contributed by atoms with van der Waals surface area (Å²) in [6, 6.07) is 0. The molecular formula is C29H76N2O6. The van der Waals surface area contributed by atoms with Crippen LogP contribution in [0, 0.1) is 0 Å². The largest absolute Gasteiger partial charge is 0.450 e.